The molecule has 2 heterocycles. The largest absolute Gasteiger partial charge is 0.459 e. The summed E-state index contributed by atoms with van der Waals surface area (Å²) in [5.74, 6) is 3.10. The van der Waals surface area contributed by atoms with Crippen molar-refractivity contribution in [3.8, 4) is 12.1 Å². The molecule has 14 atom stereocenters. The molecule has 0 spiro atoms. The molecule has 0 amide bonds. The van der Waals surface area contributed by atoms with E-state index in [1.54, 1.807) is 27.7 Å². The summed E-state index contributed by atoms with van der Waals surface area (Å²) in [6, 6.07) is 4.26. The van der Waals surface area contributed by atoms with E-state index in [-0.39, 0.29) is 121 Å². The molecule has 26 nitrogen and oxygen atoms in total. The number of fused-ring (bicyclic) bond motifs is 2. The average Bonchev–Trinajstić information content (AvgIpc) is 1.60. The zero-order valence-corrected chi connectivity index (χ0v) is 91.6. The van der Waals surface area contributed by atoms with Gasteiger partial charge < -0.3 is 67.8 Å². The van der Waals surface area contributed by atoms with Gasteiger partial charge in [0.1, 0.15) is 58.0 Å². The highest BCUT2D eigenvalue weighted by molar-refractivity contribution is 5.90. The molecule has 0 aromatic carbocycles. The Bertz CT molecular complexity index is 4890. The van der Waals surface area contributed by atoms with Crippen molar-refractivity contribution in [1.82, 2.24) is 0 Å². The first-order chi connectivity index (χ1) is 66.7. The maximum absolute atomic E-state index is 12.6. The second-order valence-corrected chi connectivity index (χ2v) is 53.9. The molecule has 2 aliphatic heterocycles. The third kappa shape index (κ3) is 22.8. The van der Waals surface area contributed by atoms with Crippen LogP contribution in [0.4, 0.5) is 0 Å². The molecule has 14 unspecified atom stereocenters. The van der Waals surface area contributed by atoms with E-state index >= 15 is 0 Å². The van der Waals surface area contributed by atoms with Gasteiger partial charge in [0.15, 0.2) is 10.8 Å². The van der Waals surface area contributed by atoms with E-state index in [0.717, 1.165) is 145 Å². The number of nitrogens with zero attached hydrogens (tertiary/aromatic N) is 2. The molecule has 0 aromatic heterocycles. The minimum atomic E-state index is -0.985. The monoisotopic (exact) mass is 2010 g/mol. The SMILES string of the molecule is C=C(C)C(=O)OC(C)(C)C12CC3CC(CC(C3)C1)C2.C=C(C)C(=O)OC1(CC)CCCC1.C=C(C)C(=O)OC12CC3CC(O)(CC(O)(C3)C1)C2.C=C(C)C(=O)OC1C2CC3C1OC(=O)C3(C#N)C2.CCC(C)(C)C(=O)OC(C)(C)C12CC3CC(CC(C3)C1)C2.CCC(C)(C)C(=O)OC12CC3CC(O)(CC(O)(C3)C1)C2.CCC(C)(C)C(=O)OC1C2CC3C1OC(=O)C3(C#N)C2.CCC1(OC(=O)C(C)(C)CC)CCCC1. The second-order valence-electron chi connectivity index (χ2n) is 53.9. The summed E-state index contributed by atoms with van der Waals surface area (Å²) in [5.41, 5.74) is -7.20. The van der Waals surface area contributed by atoms with E-state index in [0.29, 0.717) is 80.1 Å². The van der Waals surface area contributed by atoms with Gasteiger partial charge in [-0.15, -0.1) is 0 Å². The predicted octanol–water partition coefficient (Wildman–Crippen LogP) is 21.8. The standard InChI is InChI=1S/C19H32O2.C17H26O2.C16H26O4.C15H19NO4.C14H20O4.C13H13NO4.C13H24O2.C11H18O2/c1-6-17(2,3)16(20)21-18(4,5)19-10-13-7-14(11-19)9-15(8-13)12-19;1-11(2)15(18)19-16(3,4)17-8-12-5-13(9-17)7-14(6-12)10-17;1-4-13(2,3)12(17)20-16-7-11-5-14(18,9-16)8-15(19,6-11)10-16;1-4-14(2,3)12(17)19-10-8-5-9-11(10)20-13(18)15(9,6-8)7-16;1-9(2)11(15)18-14-5-10-3-12(16,7-14)6-13(17,4-10)8-14;1-6(2)11(15)17-9-7-3-8-10(9)18-12(16)13(8,4-7)5-14;1-5-12(3,4)11(14)15-13(6-2)9-7-8-10-13;1-4-11(7-5-6-8-11)13-10(12)9(2)3/h13-15H,6-12H2,1-5H3;12-14H,1,5-10H2,2-4H3;11,18-19H,4-10H2,1-3H3;8-11H,4-6H2,1-3H3;10,16-17H,1,3-8H2,2H3;7-10H,1,3-4H2,2H3;5-10H2,1-4H3;2,4-8H2,1,3H3. The summed E-state index contributed by atoms with van der Waals surface area (Å²) in [5, 5.41) is 60.9. The van der Waals surface area contributed by atoms with Crippen molar-refractivity contribution in [2.45, 2.75) is 502 Å². The average molecular weight is 2010 g/mol. The lowest BCUT2D eigenvalue weighted by molar-refractivity contribution is -0.264. The maximum atomic E-state index is 12.6. The molecule has 22 saturated carbocycles. The third-order valence-corrected chi connectivity index (χ3v) is 40.0. The van der Waals surface area contributed by atoms with Gasteiger partial charge in [-0.25, -0.2) is 19.2 Å². The fraction of sp³-hybridized carbons (Fsp3) is 0.831. The Kier molecular flexibility index (Phi) is 32.3. The summed E-state index contributed by atoms with van der Waals surface area (Å²) in [6.07, 6.45) is 38.0. The smallest absolute Gasteiger partial charge is 0.333 e. The van der Waals surface area contributed by atoms with Crippen LogP contribution in [-0.2, 0) is 95.3 Å². The molecule has 24 aliphatic rings. The Hall–Kier alpha value is -7.52. The van der Waals surface area contributed by atoms with Gasteiger partial charge in [0, 0.05) is 95.3 Å². The molecule has 20 bridgehead atoms. The van der Waals surface area contributed by atoms with Crippen LogP contribution in [0.3, 0.4) is 0 Å². The van der Waals surface area contributed by atoms with E-state index in [1.165, 1.54) is 103 Å². The summed E-state index contributed by atoms with van der Waals surface area (Å²) in [4.78, 5) is 120. The minimum Gasteiger partial charge on any atom is -0.459 e. The number of carbonyl (C=O) groups is 10. The quantitative estimate of drug-likeness (QED) is 0.0396. The Morgan fingerprint density at radius 3 is 0.972 bits per heavy atom. The van der Waals surface area contributed by atoms with E-state index in [1.807, 2.05) is 76.2 Å². The number of aliphatic hydroxyl groups is 4. The number of hydrogen-bond acceptors (Lipinski definition) is 26. The van der Waals surface area contributed by atoms with Gasteiger partial charge in [-0.1, -0.05) is 67.9 Å². The summed E-state index contributed by atoms with van der Waals surface area (Å²) >= 11 is 0. The lowest BCUT2D eigenvalue weighted by Gasteiger charge is -2.62. The van der Waals surface area contributed by atoms with Crippen LogP contribution in [0.25, 0.3) is 0 Å². The fourth-order valence-corrected chi connectivity index (χ4v) is 31.3. The number of carbonyl (C=O) groups excluding carboxylic acids is 10. The Balaban J connectivity index is 0.000000138. The topological polar surface area (TPSA) is 392 Å². The first-order valence-electron chi connectivity index (χ1n) is 55.3. The molecule has 144 heavy (non-hydrogen) atoms. The number of nitriles is 2. The molecule has 0 aromatic rings. The Labute approximate surface area is 858 Å². The van der Waals surface area contributed by atoms with Gasteiger partial charge in [0.2, 0.25) is 0 Å². The second kappa shape index (κ2) is 41.0. The van der Waals surface area contributed by atoms with Gasteiger partial charge >= 0.3 is 59.7 Å². The van der Waals surface area contributed by atoms with E-state index < -0.39 is 97.5 Å². The minimum absolute atomic E-state index is 0.00857. The van der Waals surface area contributed by atoms with E-state index in [4.69, 9.17) is 47.4 Å². The van der Waals surface area contributed by atoms with Crippen molar-refractivity contribution < 1.29 is 116 Å². The highest BCUT2D eigenvalue weighted by atomic mass is 16.6. The number of esters is 10. The Morgan fingerprint density at radius 1 is 0.354 bits per heavy atom. The van der Waals surface area contributed by atoms with Gasteiger partial charge in [-0.05, 0) is 389 Å². The van der Waals surface area contributed by atoms with Crippen molar-refractivity contribution in [3.05, 3.63) is 48.6 Å². The number of ether oxygens (including phenoxy) is 10. The van der Waals surface area contributed by atoms with E-state index in [2.05, 4.69) is 86.9 Å². The summed E-state index contributed by atoms with van der Waals surface area (Å²) in [6.45, 7) is 57.3. The summed E-state index contributed by atoms with van der Waals surface area (Å²) < 4.78 is 56.3. The predicted molar refractivity (Wildman–Crippen MR) is 540 cm³/mol. The van der Waals surface area contributed by atoms with E-state index in [9.17, 15) is 78.9 Å². The van der Waals surface area contributed by atoms with Crippen LogP contribution in [-0.4, -0.2) is 161 Å². The van der Waals surface area contributed by atoms with Crippen molar-refractivity contribution in [2.75, 3.05) is 0 Å². The first-order valence-corrected chi connectivity index (χ1v) is 55.3. The molecule has 24 rings (SSSR count). The zero-order chi connectivity index (χ0) is 107. The van der Waals surface area contributed by atoms with Crippen LogP contribution in [0.1, 0.15) is 422 Å². The van der Waals surface area contributed by atoms with Crippen LogP contribution in [0.2, 0.25) is 0 Å². The highest BCUT2D eigenvalue weighted by Gasteiger charge is 2.75. The lowest BCUT2D eigenvalue weighted by atomic mass is 9.46. The molecular formula is C118H178N2O24. The lowest BCUT2D eigenvalue weighted by Crippen LogP contribution is -2.67. The van der Waals surface area contributed by atoms with Crippen molar-refractivity contribution in [2.24, 2.45) is 114 Å². The molecule has 24 fully saturated rings. The maximum Gasteiger partial charge on any atom is 0.333 e. The van der Waals surface area contributed by atoms with Crippen LogP contribution in [0.15, 0.2) is 48.6 Å². The van der Waals surface area contributed by atoms with Crippen LogP contribution in [0.5, 0.6) is 0 Å². The van der Waals surface area contributed by atoms with Crippen LogP contribution >= 0.6 is 0 Å². The molecule has 4 N–H and O–H groups in total. The van der Waals surface area contributed by atoms with Gasteiger partial charge in [-0.3, -0.25) is 28.8 Å². The van der Waals surface area contributed by atoms with Crippen LogP contribution < -0.4 is 0 Å². The van der Waals surface area contributed by atoms with Crippen LogP contribution in [0, 0.1) is 137 Å². The van der Waals surface area contributed by atoms with Gasteiger partial charge in [-0.2, -0.15) is 10.5 Å². The normalized spacial score (nSPS) is 38.6. The molecule has 2 saturated heterocycles. The van der Waals surface area contributed by atoms with Crippen molar-refractivity contribution >= 4 is 59.7 Å². The third-order valence-electron chi connectivity index (χ3n) is 40.0. The molecule has 0 radical (unpaired) electrons. The number of rotatable bonds is 24. The Morgan fingerprint density at radius 2 is 0.653 bits per heavy atom. The first kappa shape index (κ1) is 114. The van der Waals surface area contributed by atoms with Gasteiger partial charge in [0.25, 0.3) is 0 Å². The number of hydrogen-bond donors (Lipinski definition) is 4. The molecule has 22 aliphatic carbocycles. The van der Waals surface area contributed by atoms with Crippen molar-refractivity contribution in [3.63, 3.8) is 0 Å². The highest BCUT2D eigenvalue weighted by Crippen LogP contribution is 2.70. The zero-order valence-electron chi connectivity index (χ0n) is 91.6. The fourth-order valence-electron chi connectivity index (χ4n) is 31.3. The molecule has 26 heteroatoms. The summed E-state index contributed by atoms with van der Waals surface area (Å²) in [7, 11) is 0. The molecule has 804 valence electrons. The molecular weight excluding hydrogens is 1830 g/mol. The van der Waals surface area contributed by atoms with Gasteiger partial charge in [0.05, 0.1) is 56.2 Å². The van der Waals surface area contributed by atoms with Crippen molar-refractivity contribution in [1.29, 1.82) is 10.5 Å².